The fourth-order valence-electron chi connectivity index (χ4n) is 2.13. The average molecular weight is 323 g/mol. The summed E-state index contributed by atoms with van der Waals surface area (Å²) in [5.41, 5.74) is -0.871. The van der Waals surface area contributed by atoms with Gasteiger partial charge < -0.3 is 4.74 Å². The predicted octanol–water partition coefficient (Wildman–Crippen LogP) is 4.92. The molecule has 0 radical (unpaired) electrons. The van der Waals surface area contributed by atoms with Crippen molar-refractivity contribution in [3.05, 3.63) is 64.7 Å². The van der Waals surface area contributed by atoms with Crippen molar-refractivity contribution in [1.29, 1.82) is 5.26 Å². The number of aryl methyl sites for hydroxylation is 1. The van der Waals surface area contributed by atoms with E-state index in [0.29, 0.717) is 18.4 Å². The first-order valence-corrected chi connectivity index (χ1v) is 6.92. The average Bonchev–Trinajstić information content (AvgIpc) is 2.47. The van der Waals surface area contributed by atoms with Gasteiger partial charge >= 0.3 is 6.11 Å². The molecule has 0 atom stereocenters. The number of rotatable bonds is 5. The van der Waals surface area contributed by atoms with Gasteiger partial charge in [0.1, 0.15) is 22.9 Å². The molecule has 0 saturated heterocycles. The molecule has 0 unspecified atom stereocenters. The number of nitrogens with zero attached hydrogens (tertiary/aromatic N) is 1. The summed E-state index contributed by atoms with van der Waals surface area (Å²) < 4.78 is 60.4. The molecule has 0 saturated carbocycles. The highest BCUT2D eigenvalue weighted by atomic mass is 19.3. The van der Waals surface area contributed by atoms with Crippen LogP contribution in [0.15, 0.2) is 36.4 Å². The molecule has 0 fully saturated rings. The second kappa shape index (κ2) is 6.69. The Morgan fingerprint density at radius 1 is 1.09 bits per heavy atom. The molecule has 2 aromatic carbocycles. The molecule has 2 nitrogen and oxygen atoms in total. The standard InChI is InChI=1S/C17H13F4NO/c1-2-3-12-8-14(18)16(15(19)9-12)17(20,21)23-13-6-4-11(10-22)5-7-13/h4-9H,2-3H2,1H3. The van der Waals surface area contributed by atoms with Crippen LogP contribution < -0.4 is 4.74 Å². The maximum absolute atomic E-state index is 14.1. The normalized spacial score (nSPS) is 11.1. The maximum atomic E-state index is 14.1. The first-order valence-electron chi connectivity index (χ1n) is 6.92. The van der Waals surface area contributed by atoms with Crippen LogP contribution in [0.2, 0.25) is 0 Å². The minimum absolute atomic E-state index is 0.252. The molecule has 0 N–H and O–H groups in total. The molecule has 120 valence electrons. The second-order valence-electron chi connectivity index (χ2n) is 4.94. The van der Waals surface area contributed by atoms with Crippen molar-refractivity contribution in [2.45, 2.75) is 25.9 Å². The van der Waals surface area contributed by atoms with Gasteiger partial charge in [-0.3, -0.25) is 0 Å². The van der Waals surface area contributed by atoms with Crippen LogP contribution >= 0.6 is 0 Å². The fourth-order valence-corrected chi connectivity index (χ4v) is 2.13. The van der Waals surface area contributed by atoms with Crippen LogP contribution in [0.1, 0.15) is 30.0 Å². The SMILES string of the molecule is CCCc1cc(F)c(C(F)(F)Oc2ccc(C#N)cc2)c(F)c1. The number of hydrogen-bond donors (Lipinski definition) is 0. The molecular formula is C17H13F4NO. The summed E-state index contributed by atoms with van der Waals surface area (Å²) in [5.74, 6) is -3.01. The first kappa shape index (κ1) is 16.8. The lowest BCUT2D eigenvalue weighted by molar-refractivity contribution is -0.189. The van der Waals surface area contributed by atoms with E-state index in [0.717, 1.165) is 24.3 Å². The third-order valence-electron chi connectivity index (χ3n) is 3.16. The van der Waals surface area contributed by atoms with E-state index in [1.54, 1.807) is 0 Å². The van der Waals surface area contributed by atoms with E-state index >= 15 is 0 Å². The van der Waals surface area contributed by atoms with E-state index in [9.17, 15) is 17.6 Å². The monoisotopic (exact) mass is 323 g/mol. The van der Waals surface area contributed by atoms with Crippen molar-refractivity contribution >= 4 is 0 Å². The largest absolute Gasteiger partial charge is 0.432 e. The van der Waals surface area contributed by atoms with Crippen molar-refractivity contribution in [3.8, 4) is 11.8 Å². The molecule has 2 rings (SSSR count). The molecule has 2 aromatic rings. The highest BCUT2D eigenvalue weighted by Crippen LogP contribution is 2.35. The zero-order valence-electron chi connectivity index (χ0n) is 12.2. The lowest BCUT2D eigenvalue weighted by atomic mass is 10.1. The van der Waals surface area contributed by atoms with E-state index in [1.807, 2.05) is 13.0 Å². The number of nitriles is 1. The molecule has 0 bridgehead atoms. The Labute approximate surface area is 130 Å². The number of halogens is 4. The van der Waals surface area contributed by atoms with Gasteiger partial charge in [-0.2, -0.15) is 14.0 Å². The Hall–Kier alpha value is -2.55. The molecule has 0 aliphatic rings. The van der Waals surface area contributed by atoms with Gasteiger partial charge in [-0.05, 0) is 48.4 Å². The minimum atomic E-state index is -4.17. The van der Waals surface area contributed by atoms with Gasteiger partial charge in [0.2, 0.25) is 0 Å². The van der Waals surface area contributed by atoms with Crippen LogP contribution in [0.4, 0.5) is 17.6 Å². The van der Waals surface area contributed by atoms with Gasteiger partial charge in [-0.25, -0.2) is 8.78 Å². The van der Waals surface area contributed by atoms with E-state index in [4.69, 9.17) is 5.26 Å². The van der Waals surface area contributed by atoms with Crippen LogP contribution in [0.5, 0.6) is 5.75 Å². The van der Waals surface area contributed by atoms with Crippen LogP contribution in [0, 0.1) is 23.0 Å². The van der Waals surface area contributed by atoms with Crippen LogP contribution in [0.25, 0.3) is 0 Å². The third-order valence-corrected chi connectivity index (χ3v) is 3.16. The van der Waals surface area contributed by atoms with Crippen molar-refractivity contribution in [1.82, 2.24) is 0 Å². The quantitative estimate of drug-likeness (QED) is 0.732. The Morgan fingerprint density at radius 2 is 1.65 bits per heavy atom. The highest BCUT2D eigenvalue weighted by molar-refractivity contribution is 5.35. The van der Waals surface area contributed by atoms with E-state index in [-0.39, 0.29) is 11.3 Å². The van der Waals surface area contributed by atoms with Gasteiger partial charge in [0.25, 0.3) is 0 Å². The summed E-state index contributed by atoms with van der Waals surface area (Å²) >= 11 is 0. The van der Waals surface area contributed by atoms with E-state index < -0.39 is 23.3 Å². The summed E-state index contributed by atoms with van der Waals surface area (Å²) in [7, 11) is 0. The summed E-state index contributed by atoms with van der Waals surface area (Å²) in [5, 5.41) is 8.64. The molecule has 0 amide bonds. The van der Waals surface area contributed by atoms with E-state index in [2.05, 4.69) is 4.74 Å². The van der Waals surface area contributed by atoms with Crippen molar-refractivity contribution in [2.24, 2.45) is 0 Å². The van der Waals surface area contributed by atoms with Crippen molar-refractivity contribution in [3.63, 3.8) is 0 Å². The Bertz CT molecular complexity index is 712. The Kier molecular flexibility index (Phi) is 4.89. The van der Waals surface area contributed by atoms with Crippen molar-refractivity contribution < 1.29 is 22.3 Å². The Morgan fingerprint density at radius 3 is 2.13 bits per heavy atom. The molecule has 0 spiro atoms. The predicted molar refractivity (Wildman–Crippen MR) is 76.0 cm³/mol. The smallest absolute Gasteiger partial charge is 0.429 e. The molecule has 0 aromatic heterocycles. The maximum Gasteiger partial charge on any atom is 0.432 e. The summed E-state index contributed by atoms with van der Waals surface area (Å²) in [4.78, 5) is 0. The number of benzene rings is 2. The molecule has 6 heteroatoms. The van der Waals surface area contributed by atoms with Gasteiger partial charge in [-0.15, -0.1) is 0 Å². The summed E-state index contributed by atoms with van der Waals surface area (Å²) in [6.07, 6.45) is -3.15. The minimum Gasteiger partial charge on any atom is -0.429 e. The molecule has 0 aliphatic heterocycles. The zero-order chi connectivity index (χ0) is 17.0. The topological polar surface area (TPSA) is 33.0 Å². The van der Waals surface area contributed by atoms with Gasteiger partial charge in [0.05, 0.1) is 11.6 Å². The van der Waals surface area contributed by atoms with Gasteiger partial charge in [0.15, 0.2) is 0 Å². The van der Waals surface area contributed by atoms with Crippen LogP contribution in [-0.4, -0.2) is 0 Å². The Balaban J connectivity index is 2.33. The van der Waals surface area contributed by atoms with Gasteiger partial charge in [0, 0.05) is 0 Å². The molecule has 0 heterocycles. The van der Waals surface area contributed by atoms with Crippen molar-refractivity contribution in [2.75, 3.05) is 0 Å². The number of alkyl halides is 2. The van der Waals surface area contributed by atoms with E-state index in [1.165, 1.54) is 12.1 Å². The number of ether oxygens (including phenoxy) is 1. The molecule has 0 aliphatic carbocycles. The van der Waals surface area contributed by atoms with Crippen LogP contribution in [0.3, 0.4) is 0 Å². The molecular weight excluding hydrogens is 310 g/mol. The zero-order valence-corrected chi connectivity index (χ0v) is 12.2. The lowest BCUT2D eigenvalue weighted by Crippen LogP contribution is -2.25. The molecule has 23 heavy (non-hydrogen) atoms. The second-order valence-corrected chi connectivity index (χ2v) is 4.94. The highest BCUT2D eigenvalue weighted by Gasteiger charge is 2.41. The van der Waals surface area contributed by atoms with Crippen LogP contribution in [-0.2, 0) is 12.5 Å². The summed E-state index contributed by atoms with van der Waals surface area (Å²) in [6.45, 7) is 1.81. The summed E-state index contributed by atoms with van der Waals surface area (Å²) in [6, 6.07) is 8.39. The lowest BCUT2D eigenvalue weighted by Gasteiger charge is -2.20. The first-order chi connectivity index (χ1) is 10.9. The van der Waals surface area contributed by atoms with Gasteiger partial charge in [-0.1, -0.05) is 13.3 Å². The fraction of sp³-hybridized carbons (Fsp3) is 0.235. The number of hydrogen-bond acceptors (Lipinski definition) is 2. The third kappa shape index (κ3) is 3.81.